The number of pyridine rings is 1. The maximum atomic E-state index is 12.5. The summed E-state index contributed by atoms with van der Waals surface area (Å²) in [4.78, 5) is 30.4. The van der Waals surface area contributed by atoms with Gasteiger partial charge in [0.2, 0.25) is 0 Å². The lowest BCUT2D eigenvalue weighted by Crippen LogP contribution is -2.44. The van der Waals surface area contributed by atoms with E-state index < -0.39 is 0 Å². The van der Waals surface area contributed by atoms with Crippen LogP contribution in [0.2, 0.25) is 0 Å². The molecule has 0 saturated carbocycles. The molecule has 0 N–H and O–H groups in total. The van der Waals surface area contributed by atoms with Gasteiger partial charge < -0.3 is 19.2 Å². The molecule has 0 spiro atoms. The van der Waals surface area contributed by atoms with Crippen LogP contribution in [0, 0.1) is 11.8 Å². The molecule has 1 aliphatic rings. The number of fused-ring (bicyclic) bond motifs is 1. The highest BCUT2D eigenvalue weighted by Gasteiger charge is 2.31. The number of rotatable bonds is 8. The Morgan fingerprint density at radius 1 is 1.18 bits per heavy atom. The molecular weight excluding hydrogens is 416 g/mol. The monoisotopic (exact) mass is 446 g/mol. The lowest BCUT2D eigenvalue weighted by atomic mass is 9.82. The highest BCUT2D eigenvalue weighted by molar-refractivity contribution is 5.83. The van der Waals surface area contributed by atoms with E-state index in [0.717, 1.165) is 54.2 Å². The van der Waals surface area contributed by atoms with Crippen LogP contribution in [-0.4, -0.2) is 42.5 Å². The third-order valence-electron chi connectivity index (χ3n) is 6.50. The second-order valence-electron chi connectivity index (χ2n) is 8.58. The van der Waals surface area contributed by atoms with Gasteiger partial charge in [0.25, 0.3) is 0 Å². The van der Waals surface area contributed by atoms with Crippen molar-refractivity contribution >= 4 is 23.3 Å². The van der Waals surface area contributed by atoms with Crippen molar-refractivity contribution in [2.24, 2.45) is 11.8 Å². The van der Waals surface area contributed by atoms with E-state index in [-0.39, 0.29) is 24.5 Å². The molecule has 1 saturated heterocycles. The van der Waals surface area contributed by atoms with Gasteiger partial charge in [-0.3, -0.25) is 4.98 Å². The number of carbonyl (C=O) groups is 2. The van der Waals surface area contributed by atoms with Gasteiger partial charge in [-0.2, -0.15) is 0 Å². The summed E-state index contributed by atoms with van der Waals surface area (Å²) in [6, 6.07) is 17.6. The van der Waals surface area contributed by atoms with Crippen molar-refractivity contribution in [3.63, 3.8) is 0 Å². The molecule has 6 heteroatoms. The minimum atomic E-state index is -0.346. The number of hydrogen-bond acceptors (Lipinski definition) is 5. The summed E-state index contributed by atoms with van der Waals surface area (Å²) in [6.07, 6.45) is 6.16. The Balaban J connectivity index is 1.30. The average molecular weight is 447 g/mol. The molecule has 0 unspecified atom stereocenters. The number of aldehydes is 1. The molecule has 0 bridgehead atoms. The van der Waals surface area contributed by atoms with E-state index in [9.17, 15) is 9.59 Å². The van der Waals surface area contributed by atoms with Crippen LogP contribution in [0.1, 0.15) is 30.4 Å². The lowest BCUT2D eigenvalue weighted by molar-refractivity contribution is -0.114. The zero-order valence-corrected chi connectivity index (χ0v) is 19.0. The van der Waals surface area contributed by atoms with Gasteiger partial charge in [0, 0.05) is 30.6 Å². The number of methoxy groups -OCH3 is 1. The van der Waals surface area contributed by atoms with E-state index in [1.54, 1.807) is 12.0 Å². The minimum absolute atomic E-state index is 0.155. The average Bonchev–Trinajstić information content (AvgIpc) is 2.87. The Morgan fingerprint density at radius 2 is 2.03 bits per heavy atom. The molecule has 1 fully saturated rings. The number of aryl methyl sites for hydroxylation is 1. The van der Waals surface area contributed by atoms with Crippen LogP contribution >= 0.6 is 0 Å². The van der Waals surface area contributed by atoms with E-state index in [2.05, 4.69) is 11.1 Å². The zero-order valence-electron chi connectivity index (χ0n) is 19.0. The summed E-state index contributed by atoms with van der Waals surface area (Å²) in [5.74, 6) is 0.949. The van der Waals surface area contributed by atoms with E-state index in [1.807, 2.05) is 54.7 Å². The number of piperidine rings is 1. The van der Waals surface area contributed by atoms with Crippen molar-refractivity contribution in [2.45, 2.75) is 32.3 Å². The number of benzene rings is 2. The lowest BCUT2D eigenvalue weighted by Gasteiger charge is -2.35. The fourth-order valence-corrected chi connectivity index (χ4v) is 4.60. The Hall–Kier alpha value is -3.41. The van der Waals surface area contributed by atoms with Crippen LogP contribution in [0.4, 0.5) is 4.79 Å². The van der Waals surface area contributed by atoms with Crippen molar-refractivity contribution in [2.75, 3.05) is 20.2 Å². The van der Waals surface area contributed by atoms with Gasteiger partial charge in [0.1, 0.15) is 18.6 Å². The fourth-order valence-electron chi connectivity index (χ4n) is 4.60. The first-order chi connectivity index (χ1) is 16.2. The third kappa shape index (κ3) is 5.69. The number of aromatic nitrogens is 1. The van der Waals surface area contributed by atoms with Crippen molar-refractivity contribution in [3.8, 4) is 5.75 Å². The molecule has 172 valence electrons. The van der Waals surface area contributed by atoms with Crippen molar-refractivity contribution < 1.29 is 19.1 Å². The molecule has 33 heavy (non-hydrogen) atoms. The molecule has 2 heterocycles. The number of nitrogens with zero attached hydrogens (tertiary/aromatic N) is 2. The van der Waals surface area contributed by atoms with E-state index in [4.69, 9.17) is 9.47 Å². The van der Waals surface area contributed by atoms with Gasteiger partial charge in [0.05, 0.1) is 12.6 Å². The highest BCUT2D eigenvalue weighted by Crippen LogP contribution is 2.29. The Bertz CT molecular complexity index is 1090. The number of amides is 1. The number of hydrogen-bond donors (Lipinski definition) is 0. The Labute approximate surface area is 194 Å². The summed E-state index contributed by atoms with van der Waals surface area (Å²) < 4.78 is 10.8. The number of carbonyl (C=O) groups excluding carboxylic acids is 2. The zero-order chi connectivity index (χ0) is 23.0. The first-order valence-corrected chi connectivity index (χ1v) is 11.5. The second-order valence-corrected chi connectivity index (χ2v) is 8.58. The Kier molecular flexibility index (Phi) is 7.55. The standard InChI is InChI=1S/C27H30N2O4/c1-32-24-10-11-26-25(16-24)22(12-14-28-26)9-5-8-21-13-15-29(17-23(21)18-30)27(31)33-19-20-6-3-2-4-7-20/h2-4,6-7,10-12,14,16,18,21,23H,5,8-9,13,15,17,19H2,1H3/t21-,23-/m1/s1. The van der Waals surface area contributed by atoms with Gasteiger partial charge in [-0.1, -0.05) is 30.3 Å². The maximum absolute atomic E-state index is 12.5. The first-order valence-electron chi connectivity index (χ1n) is 11.5. The molecule has 6 nitrogen and oxygen atoms in total. The van der Waals surface area contributed by atoms with Gasteiger partial charge in [-0.15, -0.1) is 0 Å². The summed E-state index contributed by atoms with van der Waals surface area (Å²) in [5, 5.41) is 1.11. The van der Waals surface area contributed by atoms with E-state index in [0.29, 0.717) is 13.1 Å². The molecular formula is C27H30N2O4. The highest BCUT2D eigenvalue weighted by atomic mass is 16.6. The predicted molar refractivity (Wildman–Crippen MR) is 127 cm³/mol. The van der Waals surface area contributed by atoms with E-state index in [1.165, 1.54) is 5.56 Å². The second kappa shape index (κ2) is 10.9. The van der Waals surface area contributed by atoms with Crippen LogP contribution in [-0.2, 0) is 22.6 Å². The van der Waals surface area contributed by atoms with Crippen molar-refractivity contribution in [1.82, 2.24) is 9.88 Å². The largest absolute Gasteiger partial charge is 0.497 e. The van der Waals surface area contributed by atoms with Crippen LogP contribution < -0.4 is 4.74 Å². The molecule has 3 aromatic rings. The summed E-state index contributed by atoms with van der Waals surface area (Å²) in [5.41, 5.74) is 3.15. The van der Waals surface area contributed by atoms with Crippen molar-refractivity contribution in [1.29, 1.82) is 0 Å². The smallest absolute Gasteiger partial charge is 0.410 e. The minimum Gasteiger partial charge on any atom is -0.497 e. The molecule has 0 radical (unpaired) electrons. The first kappa shape index (κ1) is 22.8. The van der Waals surface area contributed by atoms with Crippen LogP contribution in [0.3, 0.4) is 0 Å². The predicted octanol–water partition coefficient (Wildman–Crippen LogP) is 5.04. The fraction of sp³-hybridized carbons (Fsp3) is 0.370. The number of ether oxygens (including phenoxy) is 2. The van der Waals surface area contributed by atoms with Gasteiger partial charge in [-0.05, 0) is 67.0 Å². The van der Waals surface area contributed by atoms with Crippen LogP contribution in [0.15, 0.2) is 60.8 Å². The molecule has 4 rings (SSSR count). The van der Waals surface area contributed by atoms with Crippen LogP contribution in [0.5, 0.6) is 5.75 Å². The summed E-state index contributed by atoms with van der Waals surface area (Å²) in [6.45, 7) is 1.30. The van der Waals surface area contributed by atoms with Gasteiger partial charge in [0.15, 0.2) is 0 Å². The summed E-state index contributed by atoms with van der Waals surface area (Å²) >= 11 is 0. The summed E-state index contributed by atoms with van der Waals surface area (Å²) in [7, 11) is 1.67. The maximum Gasteiger partial charge on any atom is 0.410 e. The van der Waals surface area contributed by atoms with Gasteiger partial charge >= 0.3 is 6.09 Å². The molecule has 1 amide bonds. The molecule has 1 aliphatic heterocycles. The molecule has 2 aromatic carbocycles. The normalized spacial score (nSPS) is 18.2. The van der Waals surface area contributed by atoms with Crippen LogP contribution in [0.25, 0.3) is 10.9 Å². The quantitative estimate of drug-likeness (QED) is 0.454. The molecule has 2 atom stereocenters. The third-order valence-corrected chi connectivity index (χ3v) is 6.50. The van der Waals surface area contributed by atoms with E-state index >= 15 is 0 Å². The van der Waals surface area contributed by atoms with Gasteiger partial charge in [-0.25, -0.2) is 4.79 Å². The number of likely N-dealkylation sites (tertiary alicyclic amines) is 1. The van der Waals surface area contributed by atoms with Crippen molar-refractivity contribution in [3.05, 3.63) is 71.9 Å². The molecule has 1 aromatic heterocycles. The SMILES string of the molecule is COc1ccc2nccc(CCC[C@@H]3CCN(C(=O)OCc4ccccc4)C[C@@H]3C=O)c2c1. The molecule has 0 aliphatic carbocycles. The topological polar surface area (TPSA) is 68.7 Å². The Morgan fingerprint density at radius 3 is 2.82 bits per heavy atom.